The molecule has 2 aliphatic heterocycles. The number of aromatic nitrogens is 1. The Balaban J connectivity index is 1.76. The Bertz CT molecular complexity index is 896. The SMILES string of the molecule is CC1=C(C(=O)O)N2C(=O)C(NC(=O)/C(=N/OCC(=O)O)c3cscn3)C2SC1. The fourth-order valence-electron chi connectivity index (χ4n) is 2.67. The number of hydrogen-bond acceptors (Lipinski definition) is 9. The number of carboxylic acids is 2. The second-order valence-corrected chi connectivity index (χ2v) is 7.60. The summed E-state index contributed by atoms with van der Waals surface area (Å²) >= 11 is 2.53. The van der Waals surface area contributed by atoms with Gasteiger partial charge in [-0.1, -0.05) is 5.16 Å². The van der Waals surface area contributed by atoms with Crippen molar-refractivity contribution in [1.29, 1.82) is 0 Å². The number of nitrogens with one attached hydrogen (secondary N) is 1. The maximum Gasteiger partial charge on any atom is 0.352 e. The zero-order chi connectivity index (χ0) is 20.4. The van der Waals surface area contributed by atoms with Crippen LogP contribution in [0.15, 0.2) is 27.3 Å². The first-order valence-electron chi connectivity index (χ1n) is 7.80. The fraction of sp³-hybridized carbons (Fsp3) is 0.333. The van der Waals surface area contributed by atoms with Gasteiger partial charge in [0.2, 0.25) is 6.61 Å². The van der Waals surface area contributed by atoms with E-state index in [0.717, 1.165) is 4.90 Å². The van der Waals surface area contributed by atoms with Gasteiger partial charge < -0.3 is 20.4 Å². The highest BCUT2D eigenvalue weighted by molar-refractivity contribution is 8.00. The third-order valence-corrected chi connectivity index (χ3v) is 5.89. The number of fused-ring (bicyclic) bond motifs is 1. The van der Waals surface area contributed by atoms with Crippen molar-refractivity contribution in [2.45, 2.75) is 18.3 Å². The summed E-state index contributed by atoms with van der Waals surface area (Å²) in [6, 6.07) is -0.941. The van der Waals surface area contributed by atoms with E-state index in [1.165, 1.54) is 34.0 Å². The monoisotopic (exact) mass is 426 g/mol. The molecular formula is C15H14N4O7S2. The van der Waals surface area contributed by atoms with Gasteiger partial charge >= 0.3 is 11.9 Å². The number of aliphatic carboxylic acids is 2. The van der Waals surface area contributed by atoms with E-state index in [1.807, 2.05) is 0 Å². The van der Waals surface area contributed by atoms with Crippen LogP contribution in [0.5, 0.6) is 0 Å². The minimum absolute atomic E-state index is 0.0718. The highest BCUT2D eigenvalue weighted by Crippen LogP contribution is 2.40. The predicted octanol–water partition coefficient (Wildman–Crippen LogP) is -0.293. The molecular weight excluding hydrogens is 412 g/mol. The molecule has 3 rings (SSSR count). The number of carboxylic acid groups (broad SMARTS) is 2. The molecule has 1 fully saturated rings. The molecule has 2 aliphatic rings. The van der Waals surface area contributed by atoms with Crippen molar-refractivity contribution in [3.8, 4) is 0 Å². The molecule has 1 aromatic heterocycles. The smallest absolute Gasteiger partial charge is 0.352 e. The maximum absolute atomic E-state index is 12.6. The largest absolute Gasteiger partial charge is 0.479 e. The first kappa shape index (κ1) is 19.8. The molecule has 1 aromatic rings. The summed E-state index contributed by atoms with van der Waals surface area (Å²) < 4.78 is 0. The summed E-state index contributed by atoms with van der Waals surface area (Å²) in [4.78, 5) is 56.8. The molecule has 11 nitrogen and oxygen atoms in total. The van der Waals surface area contributed by atoms with Crippen molar-refractivity contribution in [2.75, 3.05) is 12.4 Å². The fourth-order valence-corrected chi connectivity index (χ4v) is 4.50. The van der Waals surface area contributed by atoms with Crippen LogP contribution in [0.25, 0.3) is 0 Å². The second-order valence-electron chi connectivity index (χ2n) is 5.78. The van der Waals surface area contributed by atoms with Gasteiger partial charge in [0.15, 0.2) is 5.71 Å². The second kappa shape index (κ2) is 7.98. The number of carbonyl (C=O) groups is 4. The molecule has 0 bridgehead atoms. The Morgan fingerprint density at radius 3 is 2.79 bits per heavy atom. The molecule has 2 atom stereocenters. The molecule has 13 heteroatoms. The topological polar surface area (TPSA) is 158 Å². The van der Waals surface area contributed by atoms with Crippen molar-refractivity contribution in [3.63, 3.8) is 0 Å². The lowest BCUT2D eigenvalue weighted by Gasteiger charge is -2.49. The molecule has 0 spiro atoms. The number of carbonyl (C=O) groups excluding carboxylic acids is 2. The Labute approximate surface area is 166 Å². The van der Waals surface area contributed by atoms with Crippen LogP contribution in [0.3, 0.4) is 0 Å². The number of β-lactam (4-membered cyclic amide) rings is 1. The van der Waals surface area contributed by atoms with E-state index in [-0.39, 0.29) is 17.1 Å². The van der Waals surface area contributed by atoms with Gasteiger partial charge in [0, 0.05) is 11.1 Å². The third-order valence-electron chi connectivity index (χ3n) is 3.88. The number of rotatable bonds is 7. The third kappa shape index (κ3) is 3.71. The van der Waals surface area contributed by atoms with Crippen molar-refractivity contribution < 1.29 is 34.2 Å². The van der Waals surface area contributed by atoms with Gasteiger partial charge in [0.1, 0.15) is 22.8 Å². The van der Waals surface area contributed by atoms with Gasteiger partial charge in [-0.15, -0.1) is 23.1 Å². The van der Waals surface area contributed by atoms with E-state index in [0.29, 0.717) is 11.3 Å². The van der Waals surface area contributed by atoms with E-state index >= 15 is 0 Å². The molecule has 148 valence electrons. The van der Waals surface area contributed by atoms with Gasteiger partial charge in [0.05, 0.1) is 5.51 Å². The van der Waals surface area contributed by atoms with E-state index in [9.17, 15) is 24.3 Å². The molecule has 0 aromatic carbocycles. The quantitative estimate of drug-likeness (QED) is 0.302. The number of thioether (sulfide) groups is 1. The van der Waals surface area contributed by atoms with Crippen LogP contribution < -0.4 is 5.32 Å². The first-order valence-corrected chi connectivity index (χ1v) is 9.79. The molecule has 2 unspecified atom stereocenters. The van der Waals surface area contributed by atoms with Crippen molar-refractivity contribution in [3.05, 3.63) is 27.9 Å². The van der Waals surface area contributed by atoms with Crippen LogP contribution >= 0.6 is 23.1 Å². The molecule has 1 saturated heterocycles. The average Bonchev–Trinajstić information content (AvgIpc) is 3.16. The van der Waals surface area contributed by atoms with Crippen LogP contribution in [-0.2, 0) is 24.0 Å². The predicted molar refractivity (Wildman–Crippen MR) is 97.6 cm³/mol. The van der Waals surface area contributed by atoms with Gasteiger partial charge in [-0.2, -0.15) is 0 Å². The van der Waals surface area contributed by atoms with E-state index in [4.69, 9.17) is 5.11 Å². The van der Waals surface area contributed by atoms with E-state index < -0.39 is 41.8 Å². The molecule has 0 saturated carbocycles. The minimum atomic E-state index is -1.27. The molecule has 28 heavy (non-hydrogen) atoms. The Morgan fingerprint density at radius 1 is 1.43 bits per heavy atom. The standard InChI is InChI=1S/C15H14N4O7S2/c1-6-3-28-14-10(13(23)19(14)11(6)15(24)25)17-12(22)9(7-4-27-5-16-7)18-26-2-8(20)21/h4-5,10,14H,2-3H2,1H3,(H,17,22)(H,20,21)(H,24,25)/b18-9+. The van der Waals surface area contributed by atoms with Crippen molar-refractivity contribution in [2.24, 2.45) is 5.16 Å². The summed E-state index contributed by atoms with van der Waals surface area (Å²) in [6.07, 6.45) is 0. The maximum atomic E-state index is 12.6. The molecule has 3 heterocycles. The Kier molecular flexibility index (Phi) is 5.65. The normalized spacial score (nSPS) is 21.7. The van der Waals surface area contributed by atoms with Crippen LogP contribution in [0.2, 0.25) is 0 Å². The zero-order valence-electron chi connectivity index (χ0n) is 14.3. The molecule has 3 N–H and O–H groups in total. The number of amides is 2. The van der Waals surface area contributed by atoms with Crippen LogP contribution in [0, 0.1) is 0 Å². The number of nitrogens with zero attached hydrogens (tertiary/aromatic N) is 3. The Morgan fingerprint density at radius 2 is 2.18 bits per heavy atom. The van der Waals surface area contributed by atoms with Gasteiger partial charge in [-0.3, -0.25) is 14.5 Å². The summed E-state index contributed by atoms with van der Waals surface area (Å²) in [5.41, 5.74) is 1.83. The van der Waals surface area contributed by atoms with Crippen LogP contribution in [0.1, 0.15) is 12.6 Å². The van der Waals surface area contributed by atoms with E-state index in [2.05, 4.69) is 20.3 Å². The highest BCUT2D eigenvalue weighted by atomic mass is 32.2. The lowest BCUT2D eigenvalue weighted by molar-refractivity contribution is -0.150. The summed E-state index contributed by atoms with van der Waals surface area (Å²) in [6.45, 7) is 0.889. The van der Waals surface area contributed by atoms with Crippen LogP contribution in [-0.4, -0.2) is 73.3 Å². The minimum Gasteiger partial charge on any atom is -0.479 e. The van der Waals surface area contributed by atoms with Crippen molar-refractivity contribution >= 4 is 52.6 Å². The molecule has 2 amide bonds. The number of thiazole rings is 1. The number of hydrogen-bond donors (Lipinski definition) is 3. The Hall–Kier alpha value is -2.93. The lowest BCUT2D eigenvalue weighted by Crippen LogP contribution is -2.71. The lowest BCUT2D eigenvalue weighted by atomic mass is 10.0. The summed E-state index contributed by atoms with van der Waals surface area (Å²) in [7, 11) is 0. The summed E-state index contributed by atoms with van der Waals surface area (Å²) in [5, 5.41) is 25.0. The average molecular weight is 426 g/mol. The molecule has 0 aliphatic carbocycles. The molecule has 0 radical (unpaired) electrons. The first-order chi connectivity index (χ1) is 13.3. The summed E-state index contributed by atoms with van der Waals surface area (Å²) in [5.74, 6) is -3.39. The van der Waals surface area contributed by atoms with Gasteiger partial charge in [-0.25, -0.2) is 14.6 Å². The van der Waals surface area contributed by atoms with Gasteiger partial charge in [-0.05, 0) is 12.5 Å². The van der Waals surface area contributed by atoms with E-state index in [1.54, 1.807) is 6.92 Å². The number of oxime groups is 1. The van der Waals surface area contributed by atoms with Crippen LogP contribution in [0.4, 0.5) is 0 Å². The zero-order valence-corrected chi connectivity index (χ0v) is 16.0. The van der Waals surface area contributed by atoms with Gasteiger partial charge in [0.25, 0.3) is 11.8 Å². The van der Waals surface area contributed by atoms with Crippen molar-refractivity contribution in [1.82, 2.24) is 15.2 Å². The highest BCUT2D eigenvalue weighted by Gasteiger charge is 2.54.